The summed E-state index contributed by atoms with van der Waals surface area (Å²) in [7, 11) is 2.13. The first kappa shape index (κ1) is 12.9. The van der Waals surface area contributed by atoms with Crippen LogP contribution in [0.5, 0.6) is 0 Å². The molecule has 2 unspecified atom stereocenters. The molecule has 1 fully saturated rings. The highest BCUT2D eigenvalue weighted by molar-refractivity contribution is 4.89. The van der Waals surface area contributed by atoms with E-state index in [0.29, 0.717) is 6.54 Å². The highest BCUT2D eigenvalue weighted by Crippen LogP contribution is 2.31. The highest BCUT2D eigenvalue weighted by Gasteiger charge is 2.36. The van der Waals surface area contributed by atoms with Crippen molar-refractivity contribution in [1.29, 1.82) is 0 Å². The molecule has 0 aromatic carbocycles. The molecule has 1 rings (SSSR count). The standard InChI is InChI=1S/C12H26N2O/c1-3-5-11(10-13)12(15)6-4-8-14(2)9-7-12/h11,15H,3-10,13H2,1-2H3. The molecule has 2 atom stereocenters. The summed E-state index contributed by atoms with van der Waals surface area (Å²) < 4.78 is 0. The molecule has 0 aromatic heterocycles. The predicted octanol–water partition coefficient (Wildman–Crippen LogP) is 1.21. The average molecular weight is 214 g/mol. The molecule has 1 heterocycles. The fraction of sp³-hybridized carbons (Fsp3) is 1.00. The predicted molar refractivity (Wildman–Crippen MR) is 63.8 cm³/mol. The van der Waals surface area contributed by atoms with Gasteiger partial charge < -0.3 is 15.7 Å². The fourth-order valence-corrected chi connectivity index (χ4v) is 2.64. The SMILES string of the molecule is CCCC(CN)C1(O)CCCN(C)CC1. The maximum Gasteiger partial charge on any atom is 0.0700 e. The van der Waals surface area contributed by atoms with Gasteiger partial charge in [0.25, 0.3) is 0 Å². The van der Waals surface area contributed by atoms with Crippen molar-refractivity contribution < 1.29 is 5.11 Å². The molecule has 1 aliphatic rings. The number of nitrogens with two attached hydrogens (primary N) is 1. The van der Waals surface area contributed by atoms with Crippen LogP contribution >= 0.6 is 0 Å². The zero-order chi connectivity index (χ0) is 11.3. The van der Waals surface area contributed by atoms with Crippen LogP contribution in [0.15, 0.2) is 0 Å². The molecule has 3 nitrogen and oxygen atoms in total. The average Bonchev–Trinajstić information content (AvgIpc) is 2.38. The van der Waals surface area contributed by atoms with E-state index in [2.05, 4.69) is 18.9 Å². The number of likely N-dealkylation sites (tertiary alicyclic amines) is 1. The number of rotatable bonds is 4. The van der Waals surface area contributed by atoms with Crippen LogP contribution in [-0.2, 0) is 0 Å². The van der Waals surface area contributed by atoms with Crippen LogP contribution in [0.1, 0.15) is 39.0 Å². The Kier molecular flexibility index (Phi) is 5.03. The molecule has 1 saturated heterocycles. The Morgan fingerprint density at radius 1 is 1.40 bits per heavy atom. The van der Waals surface area contributed by atoms with E-state index in [-0.39, 0.29) is 5.92 Å². The lowest BCUT2D eigenvalue weighted by atomic mass is 9.79. The van der Waals surface area contributed by atoms with E-state index in [1.165, 1.54) is 0 Å². The van der Waals surface area contributed by atoms with Crippen molar-refractivity contribution in [2.75, 3.05) is 26.7 Å². The largest absolute Gasteiger partial charge is 0.390 e. The van der Waals surface area contributed by atoms with Crippen molar-refractivity contribution in [2.45, 2.75) is 44.6 Å². The molecule has 0 aromatic rings. The quantitative estimate of drug-likeness (QED) is 0.739. The van der Waals surface area contributed by atoms with E-state index in [1.807, 2.05) is 0 Å². The smallest absolute Gasteiger partial charge is 0.0700 e. The van der Waals surface area contributed by atoms with E-state index >= 15 is 0 Å². The van der Waals surface area contributed by atoms with Gasteiger partial charge in [0, 0.05) is 6.54 Å². The van der Waals surface area contributed by atoms with Crippen LogP contribution in [0, 0.1) is 5.92 Å². The van der Waals surface area contributed by atoms with Crippen LogP contribution < -0.4 is 5.73 Å². The summed E-state index contributed by atoms with van der Waals surface area (Å²) in [6.07, 6.45) is 5.05. The normalized spacial score (nSPS) is 31.2. The Bertz CT molecular complexity index is 186. The van der Waals surface area contributed by atoms with Crippen LogP contribution in [0.2, 0.25) is 0 Å². The summed E-state index contributed by atoms with van der Waals surface area (Å²) in [5.41, 5.74) is 5.28. The third-order valence-corrected chi connectivity index (χ3v) is 3.76. The second kappa shape index (κ2) is 5.83. The van der Waals surface area contributed by atoms with Gasteiger partial charge in [0.1, 0.15) is 0 Å². The van der Waals surface area contributed by atoms with Crippen LogP contribution in [-0.4, -0.2) is 42.3 Å². The van der Waals surface area contributed by atoms with Crippen molar-refractivity contribution in [3.05, 3.63) is 0 Å². The van der Waals surface area contributed by atoms with Crippen LogP contribution in [0.3, 0.4) is 0 Å². The summed E-state index contributed by atoms with van der Waals surface area (Å²) in [5.74, 6) is 0.286. The maximum absolute atomic E-state index is 10.7. The maximum atomic E-state index is 10.7. The first-order chi connectivity index (χ1) is 7.12. The molecule has 1 aliphatic heterocycles. The summed E-state index contributed by atoms with van der Waals surface area (Å²) >= 11 is 0. The first-order valence-electron chi connectivity index (χ1n) is 6.23. The Balaban J connectivity index is 2.61. The second-order valence-corrected chi connectivity index (χ2v) is 4.98. The lowest BCUT2D eigenvalue weighted by Crippen LogP contribution is -2.42. The summed E-state index contributed by atoms with van der Waals surface area (Å²) in [5, 5.41) is 10.7. The van der Waals surface area contributed by atoms with Gasteiger partial charge in [0.2, 0.25) is 0 Å². The Morgan fingerprint density at radius 2 is 2.13 bits per heavy atom. The van der Waals surface area contributed by atoms with Gasteiger partial charge in [-0.15, -0.1) is 0 Å². The lowest BCUT2D eigenvalue weighted by Gasteiger charge is -2.35. The molecule has 0 spiro atoms. The molecule has 0 radical (unpaired) electrons. The number of nitrogens with zero attached hydrogens (tertiary/aromatic N) is 1. The molecule has 15 heavy (non-hydrogen) atoms. The third-order valence-electron chi connectivity index (χ3n) is 3.76. The first-order valence-corrected chi connectivity index (χ1v) is 6.23. The number of hydrogen-bond donors (Lipinski definition) is 2. The summed E-state index contributed by atoms with van der Waals surface area (Å²) in [6.45, 7) is 4.88. The van der Waals surface area contributed by atoms with E-state index in [9.17, 15) is 5.11 Å². The molecule has 0 aliphatic carbocycles. The van der Waals surface area contributed by atoms with Gasteiger partial charge in [0.05, 0.1) is 5.60 Å². The topological polar surface area (TPSA) is 49.5 Å². The Morgan fingerprint density at radius 3 is 2.73 bits per heavy atom. The van der Waals surface area contributed by atoms with E-state index < -0.39 is 5.60 Å². The number of aliphatic hydroxyl groups is 1. The van der Waals surface area contributed by atoms with E-state index in [1.54, 1.807) is 0 Å². The monoisotopic (exact) mass is 214 g/mol. The fourth-order valence-electron chi connectivity index (χ4n) is 2.64. The molecule has 90 valence electrons. The van der Waals surface area contributed by atoms with Gasteiger partial charge in [-0.25, -0.2) is 0 Å². The van der Waals surface area contributed by atoms with Crippen molar-refractivity contribution >= 4 is 0 Å². The van der Waals surface area contributed by atoms with E-state index in [0.717, 1.165) is 45.2 Å². The highest BCUT2D eigenvalue weighted by atomic mass is 16.3. The molecule has 0 bridgehead atoms. The van der Waals surface area contributed by atoms with Gasteiger partial charge in [0.15, 0.2) is 0 Å². The summed E-state index contributed by atoms with van der Waals surface area (Å²) in [4.78, 5) is 2.30. The lowest BCUT2D eigenvalue weighted by molar-refractivity contribution is -0.0309. The van der Waals surface area contributed by atoms with Gasteiger partial charge in [-0.05, 0) is 51.7 Å². The second-order valence-electron chi connectivity index (χ2n) is 4.98. The number of hydrogen-bond acceptors (Lipinski definition) is 3. The van der Waals surface area contributed by atoms with Gasteiger partial charge >= 0.3 is 0 Å². The molecule has 0 saturated carbocycles. The van der Waals surface area contributed by atoms with Crippen molar-refractivity contribution in [1.82, 2.24) is 4.90 Å². The molecule has 3 heteroatoms. The van der Waals surface area contributed by atoms with Crippen molar-refractivity contribution in [3.8, 4) is 0 Å². The zero-order valence-electron chi connectivity index (χ0n) is 10.2. The van der Waals surface area contributed by atoms with Crippen molar-refractivity contribution in [2.24, 2.45) is 11.7 Å². The minimum Gasteiger partial charge on any atom is -0.390 e. The molecular formula is C12H26N2O. The third kappa shape index (κ3) is 3.44. The molecular weight excluding hydrogens is 188 g/mol. The molecule has 3 N–H and O–H groups in total. The zero-order valence-corrected chi connectivity index (χ0v) is 10.2. The Labute approximate surface area is 93.6 Å². The minimum atomic E-state index is -0.504. The van der Waals surface area contributed by atoms with Gasteiger partial charge in [-0.1, -0.05) is 13.3 Å². The van der Waals surface area contributed by atoms with E-state index in [4.69, 9.17) is 5.73 Å². The summed E-state index contributed by atoms with van der Waals surface area (Å²) in [6, 6.07) is 0. The molecule has 0 amide bonds. The van der Waals surface area contributed by atoms with Crippen molar-refractivity contribution in [3.63, 3.8) is 0 Å². The van der Waals surface area contributed by atoms with Gasteiger partial charge in [-0.2, -0.15) is 0 Å². The van der Waals surface area contributed by atoms with Crippen LogP contribution in [0.4, 0.5) is 0 Å². The van der Waals surface area contributed by atoms with Gasteiger partial charge in [-0.3, -0.25) is 0 Å². The minimum absolute atomic E-state index is 0.286. The Hall–Kier alpha value is -0.120. The van der Waals surface area contributed by atoms with Crippen LogP contribution in [0.25, 0.3) is 0 Å².